The molecule has 19 heavy (non-hydrogen) atoms. The van der Waals surface area contributed by atoms with Crippen LogP contribution in [0.15, 0.2) is 18.2 Å². The number of nitrogens with two attached hydrogens (primary N) is 1. The second kappa shape index (κ2) is 5.25. The molecule has 1 spiro atoms. The van der Waals surface area contributed by atoms with Crippen LogP contribution >= 0.6 is 11.8 Å². The van der Waals surface area contributed by atoms with Crippen LogP contribution in [0.3, 0.4) is 0 Å². The number of rotatable bonds is 2. The largest absolute Gasteiger partial charge is 0.488 e. The van der Waals surface area contributed by atoms with E-state index < -0.39 is 0 Å². The van der Waals surface area contributed by atoms with Crippen LogP contribution in [0.5, 0.6) is 5.75 Å². The lowest BCUT2D eigenvalue weighted by molar-refractivity contribution is -0.0958. The van der Waals surface area contributed by atoms with Gasteiger partial charge in [0, 0.05) is 18.6 Å². The summed E-state index contributed by atoms with van der Waals surface area (Å²) in [6.07, 6.45) is 3.34. The van der Waals surface area contributed by atoms with Gasteiger partial charge in [0.25, 0.3) is 0 Å². The van der Waals surface area contributed by atoms with Crippen LogP contribution in [0.1, 0.15) is 24.8 Å². The number of hydrogen-bond acceptors (Lipinski definition) is 4. The van der Waals surface area contributed by atoms with Crippen LogP contribution in [-0.2, 0) is 4.74 Å². The second-order valence-corrected chi connectivity index (χ2v) is 6.67. The summed E-state index contributed by atoms with van der Waals surface area (Å²) in [4.78, 5) is 0. The number of hydrogen-bond donors (Lipinski definition) is 1. The van der Waals surface area contributed by atoms with Gasteiger partial charge >= 0.3 is 0 Å². The molecule has 3 rings (SSSR count). The van der Waals surface area contributed by atoms with E-state index >= 15 is 0 Å². The minimum atomic E-state index is 0.0605. The van der Waals surface area contributed by atoms with Gasteiger partial charge < -0.3 is 15.2 Å². The van der Waals surface area contributed by atoms with Gasteiger partial charge in [0.05, 0.1) is 17.9 Å². The summed E-state index contributed by atoms with van der Waals surface area (Å²) in [6.45, 7) is 2.85. The molecule has 2 atom stereocenters. The second-order valence-electron chi connectivity index (χ2n) is 5.56. The molecule has 2 heterocycles. The average Bonchev–Trinajstić information content (AvgIpc) is 2.82. The topological polar surface area (TPSA) is 44.5 Å². The van der Waals surface area contributed by atoms with Crippen LogP contribution in [0.2, 0.25) is 0 Å². The number of aryl methyl sites for hydroxylation is 1. The Morgan fingerprint density at radius 3 is 3.11 bits per heavy atom. The molecular weight excluding hydrogens is 258 g/mol. The Hall–Kier alpha value is -0.870. The summed E-state index contributed by atoms with van der Waals surface area (Å²) >= 11 is 1.99. The molecule has 0 bridgehead atoms. The van der Waals surface area contributed by atoms with Crippen molar-refractivity contribution in [2.75, 3.05) is 23.8 Å². The zero-order valence-electron chi connectivity index (χ0n) is 11.4. The first kappa shape index (κ1) is 13.1. The van der Waals surface area contributed by atoms with E-state index in [4.69, 9.17) is 15.2 Å². The SMILES string of the molecule is Cc1cccc(N)c1OC1CCOC2(CCSC2)C1. The van der Waals surface area contributed by atoms with Crippen LogP contribution < -0.4 is 10.5 Å². The summed E-state index contributed by atoms with van der Waals surface area (Å²) in [5.74, 6) is 3.17. The first-order valence-corrected chi connectivity index (χ1v) is 8.07. The highest BCUT2D eigenvalue weighted by atomic mass is 32.2. The van der Waals surface area contributed by atoms with Gasteiger partial charge in [0.15, 0.2) is 0 Å². The predicted molar refractivity (Wildman–Crippen MR) is 79.9 cm³/mol. The minimum absolute atomic E-state index is 0.0605. The first-order valence-electron chi connectivity index (χ1n) is 6.92. The predicted octanol–water partition coefficient (Wildman–Crippen LogP) is 3.01. The van der Waals surface area contributed by atoms with Crippen LogP contribution in [0, 0.1) is 6.92 Å². The molecule has 1 aromatic carbocycles. The number of anilines is 1. The van der Waals surface area contributed by atoms with Crippen molar-refractivity contribution >= 4 is 17.4 Å². The molecule has 0 aromatic heterocycles. The molecule has 2 unspecified atom stereocenters. The van der Waals surface area contributed by atoms with Crippen molar-refractivity contribution in [3.8, 4) is 5.75 Å². The maximum absolute atomic E-state index is 6.19. The molecule has 2 saturated heterocycles. The summed E-state index contributed by atoms with van der Waals surface area (Å²) in [7, 11) is 0. The Labute approximate surface area is 118 Å². The van der Waals surface area contributed by atoms with Gasteiger partial charge in [0.2, 0.25) is 0 Å². The Morgan fingerprint density at radius 2 is 2.37 bits per heavy atom. The van der Waals surface area contributed by atoms with Crippen molar-refractivity contribution in [2.45, 2.75) is 37.9 Å². The number of benzene rings is 1. The van der Waals surface area contributed by atoms with E-state index in [0.29, 0.717) is 0 Å². The standard InChI is InChI=1S/C15H21NO2S/c1-11-3-2-4-13(16)14(11)18-12-5-7-17-15(9-12)6-8-19-10-15/h2-4,12H,5-10,16H2,1H3. The third-order valence-electron chi connectivity index (χ3n) is 4.04. The van der Waals surface area contributed by atoms with Crippen molar-refractivity contribution in [2.24, 2.45) is 0 Å². The highest BCUT2D eigenvalue weighted by Crippen LogP contribution is 2.40. The van der Waals surface area contributed by atoms with Gasteiger partial charge in [-0.05, 0) is 30.7 Å². The van der Waals surface area contributed by atoms with E-state index in [1.807, 2.05) is 36.9 Å². The highest BCUT2D eigenvalue weighted by Gasteiger charge is 2.41. The van der Waals surface area contributed by atoms with Crippen molar-refractivity contribution in [3.63, 3.8) is 0 Å². The Balaban J connectivity index is 1.73. The molecule has 104 valence electrons. The average molecular weight is 279 g/mol. The van der Waals surface area contributed by atoms with E-state index in [0.717, 1.165) is 48.6 Å². The maximum atomic E-state index is 6.19. The minimum Gasteiger partial charge on any atom is -0.488 e. The molecule has 0 radical (unpaired) electrons. The van der Waals surface area contributed by atoms with Crippen molar-refractivity contribution < 1.29 is 9.47 Å². The monoisotopic (exact) mass is 279 g/mol. The molecule has 2 aliphatic heterocycles. The Morgan fingerprint density at radius 1 is 1.47 bits per heavy atom. The van der Waals surface area contributed by atoms with E-state index in [9.17, 15) is 0 Å². The van der Waals surface area contributed by atoms with Crippen molar-refractivity contribution in [3.05, 3.63) is 23.8 Å². The zero-order valence-corrected chi connectivity index (χ0v) is 12.2. The number of thioether (sulfide) groups is 1. The molecular formula is C15H21NO2S. The molecule has 2 aliphatic rings. The molecule has 2 N–H and O–H groups in total. The van der Waals surface area contributed by atoms with Gasteiger partial charge in [-0.25, -0.2) is 0 Å². The lowest BCUT2D eigenvalue weighted by Crippen LogP contribution is -2.44. The summed E-state index contributed by atoms with van der Waals surface area (Å²) < 4.78 is 12.2. The third-order valence-corrected chi connectivity index (χ3v) is 5.26. The molecule has 0 saturated carbocycles. The molecule has 1 aromatic rings. The fourth-order valence-electron chi connectivity index (χ4n) is 2.95. The first-order chi connectivity index (χ1) is 9.19. The van der Waals surface area contributed by atoms with Crippen molar-refractivity contribution in [1.82, 2.24) is 0 Å². The van der Waals surface area contributed by atoms with Crippen LogP contribution in [-0.4, -0.2) is 29.8 Å². The molecule has 0 amide bonds. The van der Waals surface area contributed by atoms with Gasteiger partial charge in [0.1, 0.15) is 11.9 Å². The summed E-state index contributed by atoms with van der Waals surface area (Å²) in [5.41, 5.74) is 7.93. The normalized spacial score (nSPS) is 30.7. The smallest absolute Gasteiger partial charge is 0.145 e. The number of para-hydroxylation sites is 1. The van der Waals surface area contributed by atoms with Gasteiger partial charge in [-0.15, -0.1) is 0 Å². The van der Waals surface area contributed by atoms with Crippen molar-refractivity contribution in [1.29, 1.82) is 0 Å². The Bertz CT molecular complexity index is 437. The quantitative estimate of drug-likeness (QED) is 0.845. The lowest BCUT2D eigenvalue weighted by atomic mass is 9.91. The zero-order chi connectivity index (χ0) is 13.3. The van der Waals surface area contributed by atoms with Gasteiger partial charge in [-0.1, -0.05) is 12.1 Å². The molecule has 0 aliphatic carbocycles. The van der Waals surface area contributed by atoms with Crippen LogP contribution in [0.4, 0.5) is 5.69 Å². The van der Waals surface area contributed by atoms with Gasteiger partial charge in [-0.3, -0.25) is 0 Å². The molecule has 3 nitrogen and oxygen atoms in total. The summed E-state index contributed by atoms with van der Waals surface area (Å²) in [5, 5.41) is 0. The maximum Gasteiger partial charge on any atom is 0.145 e. The Kier molecular flexibility index (Phi) is 3.63. The number of ether oxygens (including phenoxy) is 2. The highest BCUT2D eigenvalue weighted by molar-refractivity contribution is 7.99. The fraction of sp³-hybridized carbons (Fsp3) is 0.600. The molecule has 4 heteroatoms. The lowest BCUT2D eigenvalue weighted by Gasteiger charge is -2.38. The summed E-state index contributed by atoms with van der Waals surface area (Å²) in [6, 6.07) is 5.92. The van der Waals surface area contributed by atoms with E-state index in [1.165, 1.54) is 5.75 Å². The molecule has 2 fully saturated rings. The number of nitrogen functional groups attached to an aromatic ring is 1. The van der Waals surface area contributed by atoms with Gasteiger partial charge in [-0.2, -0.15) is 11.8 Å². The third kappa shape index (κ3) is 2.70. The fourth-order valence-corrected chi connectivity index (χ4v) is 4.33. The van der Waals surface area contributed by atoms with E-state index in [2.05, 4.69) is 0 Å². The van der Waals surface area contributed by atoms with E-state index in [-0.39, 0.29) is 11.7 Å². The van der Waals surface area contributed by atoms with Crippen LogP contribution in [0.25, 0.3) is 0 Å². The van der Waals surface area contributed by atoms with E-state index in [1.54, 1.807) is 0 Å².